The van der Waals surface area contributed by atoms with Crippen molar-refractivity contribution in [2.75, 3.05) is 13.1 Å². The Balaban J connectivity index is 3.08. The average molecular weight is 331 g/mol. The normalized spacial score (nSPS) is 10.0. The van der Waals surface area contributed by atoms with E-state index in [1.807, 2.05) is 0 Å². The third-order valence-electron chi connectivity index (χ3n) is 2.38. The van der Waals surface area contributed by atoms with Gasteiger partial charge in [0.15, 0.2) is 0 Å². The molecule has 0 aliphatic heterocycles. The molecule has 0 spiro atoms. The summed E-state index contributed by atoms with van der Waals surface area (Å²) in [6.07, 6.45) is 0. The molecule has 1 aromatic carbocycles. The average Bonchev–Trinajstić information content (AvgIpc) is 2.35. The Morgan fingerprint density at radius 1 is 1.47 bits per heavy atom. The molecule has 0 aliphatic rings. The Morgan fingerprint density at radius 3 is 2.58 bits per heavy atom. The number of likely N-dealkylation sites (N-methyl/N-ethyl adjacent to an activating group) is 1. The smallest absolute Gasteiger partial charge is 0.323 e. The molecular formula is C11H11BrN2O5. The minimum atomic E-state index is -1.14. The second kappa shape index (κ2) is 6.28. The minimum Gasteiger partial charge on any atom is -0.480 e. The summed E-state index contributed by atoms with van der Waals surface area (Å²) >= 11 is 3.01. The summed E-state index contributed by atoms with van der Waals surface area (Å²) in [7, 11) is 0. The van der Waals surface area contributed by atoms with Crippen LogP contribution >= 0.6 is 15.9 Å². The molecule has 1 amide bonds. The van der Waals surface area contributed by atoms with Gasteiger partial charge in [-0.1, -0.05) is 0 Å². The van der Waals surface area contributed by atoms with E-state index in [-0.39, 0.29) is 22.3 Å². The number of carboxylic acids is 1. The summed E-state index contributed by atoms with van der Waals surface area (Å²) in [6, 6.07) is 3.92. The van der Waals surface area contributed by atoms with Gasteiger partial charge in [-0.2, -0.15) is 0 Å². The van der Waals surface area contributed by atoms with Crippen molar-refractivity contribution in [2.24, 2.45) is 0 Å². The molecule has 7 nitrogen and oxygen atoms in total. The van der Waals surface area contributed by atoms with Crippen molar-refractivity contribution < 1.29 is 19.6 Å². The SMILES string of the molecule is CCN(CC(=O)O)C(=O)c1ccc(Br)c([N+](=O)[O-])c1. The lowest BCUT2D eigenvalue weighted by atomic mass is 10.1. The number of nitro groups is 1. The number of benzene rings is 1. The quantitative estimate of drug-likeness (QED) is 0.656. The van der Waals surface area contributed by atoms with Crippen molar-refractivity contribution in [3.05, 3.63) is 38.3 Å². The maximum absolute atomic E-state index is 12.0. The topological polar surface area (TPSA) is 101 Å². The number of carbonyl (C=O) groups excluding carboxylic acids is 1. The monoisotopic (exact) mass is 330 g/mol. The summed E-state index contributed by atoms with van der Waals surface area (Å²) in [4.78, 5) is 33.9. The van der Waals surface area contributed by atoms with Crippen molar-refractivity contribution >= 4 is 33.5 Å². The number of halogens is 1. The van der Waals surface area contributed by atoms with Crippen LogP contribution in [0.5, 0.6) is 0 Å². The van der Waals surface area contributed by atoms with Crippen molar-refractivity contribution in [3.8, 4) is 0 Å². The van der Waals surface area contributed by atoms with Crippen LogP contribution in [0.1, 0.15) is 17.3 Å². The van der Waals surface area contributed by atoms with Crippen LogP contribution in [0.25, 0.3) is 0 Å². The van der Waals surface area contributed by atoms with Crippen molar-refractivity contribution in [1.29, 1.82) is 0 Å². The molecule has 0 heterocycles. The van der Waals surface area contributed by atoms with Crippen LogP contribution < -0.4 is 0 Å². The Kier molecular flexibility index (Phi) is 4.99. The molecular weight excluding hydrogens is 320 g/mol. The van der Waals surface area contributed by atoms with E-state index in [2.05, 4.69) is 15.9 Å². The highest BCUT2D eigenvalue weighted by atomic mass is 79.9. The zero-order chi connectivity index (χ0) is 14.6. The predicted molar refractivity (Wildman–Crippen MR) is 70.0 cm³/mol. The molecule has 102 valence electrons. The second-order valence-electron chi connectivity index (χ2n) is 3.64. The summed E-state index contributed by atoms with van der Waals surface area (Å²) < 4.78 is 0.260. The van der Waals surface area contributed by atoms with Gasteiger partial charge in [-0.05, 0) is 35.0 Å². The predicted octanol–water partition coefficient (Wildman–Crippen LogP) is 1.90. The van der Waals surface area contributed by atoms with Gasteiger partial charge in [0.1, 0.15) is 6.54 Å². The molecule has 0 saturated carbocycles. The maximum Gasteiger partial charge on any atom is 0.323 e. The Hall–Kier alpha value is -1.96. The van der Waals surface area contributed by atoms with Gasteiger partial charge < -0.3 is 10.0 Å². The number of nitro benzene ring substituents is 1. The summed E-state index contributed by atoms with van der Waals surface area (Å²) in [5, 5.41) is 19.5. The Labute approximate surface area is 117 Å². The van der Waals surface area contributed by atoms with Crippen LogP contribution in [-0.2, 0) is 4.79 Å². The van der Waals surface area contributed by atoms with Gasteiger partial charge in [-0.25, -0.2) is 0 Å². The Bertz CT molecular complexity index is 532. The van der Waals surface area contributed by atoms with Gasteiger partial charge in [-0.15, -0.1) is 0 Å². The highest BCUT2D eigenvalue weighted by Crippen LogP contribution is 2.26. The molecule has 0 fully saturated rings. The molecule has 1 aromatic rings. The van der Waals surface area contributed by atoms with Crippen LogP contribution in [0.3, 0.4) is 0 Å². The second-order valence-corrected chi connectivity index (χ2v) is 4.49. The molecule has 0 radical (unpaired) electrons. The fraction of sp³-hybridized carbons (Fsp3) is 0.273. The van der Waals surface area contributed by atoms with Crippen LogP contribution in [0.15, 0.2) is 22.7 Å². The highest BCUT2D eigenvalue weighted by Gasteiger charge is 2.20. The molecule has 1 N–H and O–H groups in total. The lowest BCUT2D eigenvalue weighted by Crippen LogP contribution is -2.35. The number of hydrogen-bond donors (Lipinski definition) is 1. The highest BCUT2D eigenvalue weighted by molar-refractivity contribution is 9.10. The van der Waals surface area contributed by atoms with Gasteiger partial charge in [-0.3, -0.25) is 19.7 Å². The summed E-state index contributed by atoms with van der Waals surface area (Å²) in [5.74, 6) is -1.69. The number of hydrogen-bond acceptors (Lipinski definition) is 4. The molecule has 0 saturated heterocycles. The number of rotatable bonds is 5. The number of amides is 1. The van der Waals surface area contributed by atoms with E-state index in [0.29, 0.717) is 0 Å². The first-order chi connectivity index (χ1) is 8.86. The molecule has 1 rings (SSSR count). The van der Waals surface area contributed by atoms with Crippen LogP contribution in [0, 0.1) is 10.1 Å². The van der Waals surface area contributed by atoms with E-state index >= 15 is 0 Å². The first-order valence-electron chi connectivity index (χ1n) is 5.31. The van der Waals surface area contributed by atoms with Gasteiger partial charge >= 0.3 is 5.97 Å². The lowest BCUT2D eigenvalue weighted by Gasteiger charge is -2.18. The first-order valence-corrected chi connectivity index (χ1v) is 6.11. The first kappa shape index (κ1) is 15.1. The van der Waals surface area contributed by atoms with E-state index in [9.17, 15) is 19.7 Å². The van der Waals surface area contributed by atoms with E-state index in [0.717, 1.165) is 11.0 Å². The maximum atomic E-state index is 12.0. The largest absolute Gasteiger partial charge is 0.480 e. The molecule has 0 atom stereocenters. The van der Waals surface area contributed by atoms with Crippen molar-refractivity contribution in [1.82, 2.24) is 4.90 Å². The Morgan fingerprint density at radius 2 is 2.11 bits per heavy atom. The van der Waals surface area contributed by atoms with Gasteiger partial charge in [0, 0.05) is 18.2 Å². The van der Waals surface area contributed by atoms with Crippen molar-refractivity contribution in [2.45, 2.75) is 6.92 Å². The van der Waals surface area contributed by atoms with Crippen molar-refractivity contribution in [3.63, 3.8) is 0 Å². The van der Waals surface area contributed by atoms with Crippen LogP contribution in [0.2, 0.25) is 0 Å². The van der Waals surface area contributed by atoms with E-state index in [4.69, 9.17) is 5.11 Å². The fourth-order valence-corrected chi connectivity index (χ4v) is 1.85. The van der Waals surface area contributed by atoms with Gasteiger partial charge in [0.2, 0.25) is 0 Å². The van der Waals surface area contributed by atoms with E-state index in [1.165, 1.54) is 12.1 Å². The van der Waals surface area contributed by atoms with E-state index < -0.39 is 23.3 Å². The van der Waals surface area contributed by atoms with E-state index in [1.54, 1.807) is 6.92 Å². The third-order valence-corrected chi connectivity index (χ3v) is 3.06. The molecule has 0 aliphatic carbocycles. The zero-order valence-electron chi connectivity index (χ0n) is 10.00. The summed E-state index contributed by atoms with van der Waals surface area (Å²) in [5.41, 5.74) is -0.157. The van der Waals surface area contributed by atoms with Crippen LogP contribution in [-0.4, -0.2) is 39.9 Å². The molecule has 8 heteroatoms. The third kappa shape index (κ3) is 3.75. The molecule has 0 bridgehead atoms. The van der Waals surface area contributed by atoms with Gasteiger partial charge in [0.25, 0.3) is 11.6 Å². The molecule has 0 unspecified atom stereocenters. The standard InChI is InChI=1S/C11H11BrN2O5/c1-2-13(6-10(15)16)11(17)7-3-4-8(12)9(5-7)14(18)19/h3-5H,2,6H2,1H3,(H,15,16). The minimum absolute atomic E-state index is 0.0815. The number of nitrogens with zero attached hydrogens (tertiary/aromatic N) is 2. The van der Waals surface area contributed by atoms with Gasteiger partial charge in [0.05, 0.1) is 9.40 Å². The molecule has 19 heavy (non-hydrogen) atoms. The van der Waals surface area contributed by atoms with Crippen LogP contribution in [0.4, 0.5) is 5.69 Å². The fourth-order valence-electron chi connectivity index (χ4n) is 1.46. The molecule has 0 aromatic heterocycles. The lowest BCUT2D eigenvalue weighted by molar-refractivity contribution is -0.385. The summed E-state index contributed by atoms with van der Waals surface area (Å²) in [6.45, 7) is 1.39. The number of carbonyl (C=O) groups is 2. The number of carboxylic acid groups (broad SMARTS) is 1. The number of aliphatic carboxylic acids is 1. The zero-order valence-corrected chi connectivity index (χ0v) is 11.6.